The van der Waals surface area contributed by atoms with Crippen molar-refractivity contribution in [2.24, 2.45) is 0 Å². The molecule has 0 radical (unpaired) electrons. The van der Waals surface area contributed by atoms with Gasteiger partial charge < -0.3 is 26.0 Å². The monoisotopic (exact) mass is 795 g/mol. The molecule has 2 aliphatic heterocycles. The third-order valence-corrected chi connectivity index (χ3v) is 7.62. The highest BCUT2D eigenvalue weighted by molar-refractivity contribution is 14.1. The number of nitrogens with zero attached hydrogens (tertiary/aromatic N) is 6. The van der Waals surface area contributed by atoms with Gasteiger partial charge in [0.2, 0.25) is 5.91 Å². The molecule has 0 unspecified atom stereocenters. The van der Waals surface area contributed by atoms with Gasteiger partial charge in [-0.15, -0.1) is 0 Å². The number of carbonyl (C=O) groups excluding carboxylic acids is 1. The molecule has 6 heterocycles. The van der Waals surface area contributed by atoms with Crippen LogP contribution in [0.2, 0.25) is 0 Å². The highest BCUT2D eigenvalue weighted by atomic mass is 127. The maximum absolute atomic E-state index is 13.2. The molecule has 49 heavy (non-hydrogen) atoms. The predicted octanol–water partition coefficient (Wildman–Crippen LogP) is 5.62. The normalized spacial score (nSPS) is 14.4. The van der Waals surface area contributed by atoms with Crippen LogP contribution in [-0.4, -0.2) is 101 Å². The molecular formula is C33H45F2IN10O3. The second-order valence-corrected chi connectivity index (χ2v) is 11.4. The van der Waals surface area contributed by atoms with Gasteiger partial charge in [-0.1, -0.05) is 22.6 Å². The number of rotatable bonds is 11. The number of hydrogen-bond donors (Lipinski definition) is 5. The molecule has 2 saturated heterocycles. The minimum atomic E-state index is -0.677. The van der Waals surface area contributed by atoms with E-state index in [4.69, 9.17) is 12.2 Å². The number of aliphatic carboxylic acids is 1. The first kappa shape index (κ1) is 37.8. The molecule has 0 aromatic carbocycles. The van der Waals surface area contributed by atoms with Crippen LogP contribution in [0.3, 0.4) is 0 Å². The van der Waals surface area contributed by atoms with Gasteiger partial charge in [-0.05, 0) is 94.8 Å². The number of anilines is 2. The Balaban J connectivity index is 0.000000212. The molecule has 13 nitrogen and oxygen atoms in total. The number of nitrogens with two attached hydrogens (primary N) is 1. The number of hydrogen-bond acceptors (Lipinski definition) is 9. The molecule has 2 fully saturated rings. The van der Waals surface area contributed by atoms with E-state index in [1.807, 2.05) is 22.6 Å². The summed E-state index contributed by atoms with van der Waals surface area (Å²) in [4.78, 5) is 34.8. The zero-order valence-electron chi connectivity index (χ0n) is 28.4. The van der Waals surface area contributed by atoms with E-state index in [-0.39, 0.29) is 11.7 Å². The van der Waals surface area contributed by atoms with E-state index in [2.05, 4.69) is 45.5 Å². The van der Waals surface area contributed by atoms with Crippen molar-refractivity contribution in [2.75, 3.05) is 55.2 Å². The number of carbonyl (C=O) groups is 2. The molecular weight excluding hydrogens is 749 g/mol. The van der Waals surface area contributed by atoms with Crippen LogP contribution in [0.4, 0.5) is 20.4 Å². The van der Waals surface area contributed by atoms with Crippen molar-refractivity contribution in [2.45, 2.75) is 51.4 Å². The molecule has 16 heteroatoms. The number of aromatic nitrogens is 6. The van der Waals surface area contributed by atoms with Crippen LogP contribution in [0.25, 0.3) is 22.5 Å². The van der Waals surface area contributed by atoms with Crippen LogP contribution in [0.15, 0.2) is 49.1 Å². The third kappa shape index (κ3) is 15.0. The summed E-state index contributed by atoms with van der Waals surface area (Å²) >= 11 is 1.96. The van der Waals surface area contributed by atoms with Crippen LogP contribution in [0.5, 0.6) is 0 Å². The number of alkyl halides is 1. The van der Waals surface area contributed by atoms with E-state index >= 15 is 0 Å². The predicted molar refractivity (Wildman–Crippen MR) is 194 cm³/mol. The van der Waals surface area contributed by atoms with Crippen LogP contribution in [0, 0.1) is 11.6 Å². The van der Waals surface area contributed by atoms with Crippen LogP contribution in [-0.2, 0) is 9.59 Å². The number of nitrogens with one attached hydrogen (secondary N) is 3. The molecule has 0 atom stereocenters. The molecule has 6 N–H and O–H groups in total. The van der Waals surface area contributed by atoms with E-state index in [0.717, 1.165) is 51.4 Å². The van der Waals surface area contributed by atoms with Crippen molar-refractivity contribution >= 4 is 46.1 Å². The molecule has 4 aromatic rings. The summed E-state index contributed by atoms with van der Waals surface area (Å²) in [6.07, 6.45) is 12.9. The van der Waals surface area contributed by atoms with E-state index in [1.54, 1.807) is 12.1 Å². The maximum atomic E-state index is 13.2. The zero-order valence-corrected chi connectivity index (χ0v) is 29.5. The van der Waals surface area contributed by atoms with Gasteiger partial charge in [0.15, 0.2) is 5.82 Å². The summed E-state index contributed by atoms with van der Waals surface area (Å²) in [5.41, 5.74) is 7.89. The number of pyridine rings is 2. The fourth-order valence-corrected chi connectivity index (χ4v) is 5.27. The fourth-order valence-electron chi connectivity index (χ4n) is 5.27. The Hall–Kier alpha value is -4.03. The van der Waals surface area contributed by atoms with Gasteiger partial charge in [-0.2, -0.15) is 10.2 Å². The number of likely N-dealkylation sites (tertiary alicyclic amines) is 2. The highest BCUT2D eigenvalue weighted by Crippen LogP contribution is 2.20. The molecule has 266 valence electrons. The van der Waals surface area contributed by atoms with Gasteiger partial charge >= 0.3 is 5.97 Å². The van der Waals surface area contributed by atoms with Crippen LogP contribution >= 0.6 is 22.6 Å². The molecule has 1 amide bonds. The summed E-state index contributed by atoms with van der Waals surface area (Å²) in [5.74, 6) is -0.714. The molecule has 2 aliphatic rings. The van der Waals surface area contributed by atoms with E-state index in [0.29, 0.717) is 51.9 Å². The van der Waals surface area contributed by atoms with Crippen LogP contribution < -0.4 is 11.1 Å². The first-order valence-electron chi connectivity index (χ1n) is 16.8. The summed E-state index contributed by atoms with van der Waals surface area (Å²) in [6.45, 7) is 6.55. The Kier molecular flexibility index (Phi) is 16.8. The van der Waals surface area contributed by atoms with Gasteiger partial charge in [0.25, 0.3) is 0 Å². The quantitative estimate of drug-likeness (QED) is 0.0945. The maximum Gasteiger partial charge on any atom is 0.303 e. The lowest BCUT2D eigenvalue weighted by Gasteiger charge is -2.13. The summed E-state index contributed by atoms with van der Waals surface area (Å²) < 4.78 is 32.1. The Morgan fingerprint density at radius 1 is 0.857 bits per heavy atom. The first-order chi connectivity index (χ1) is 24.2. The van der Waals surface area contributed by atoms with Crippen molar-refractivity contribution in [3.8, 4) is 22.5 Å². The van der Waals surface area contributed by atoms with Crippen molar-refractivity contribution in [1.82, 2.24) is 40.2 Å². The Morgan fingerprint density at radius 3 is 1.82 bits per heavy atom. The zero-order chi connectivity index (χ0) is 36.1. The average molecular weight is 796 g/mol. The number of aromatic amines is 2. The Bertz CT molecular complexity index is 1580. The molecule has 0 aliphatic carbocycles. The molecule has 4 aromatic heterocycles. The van der Waals surface area contributed by atoms with Gasteiger partial charge in [-0.25, -0.2) is 8.78 Å². The van der Waals surface area contributed by atoms with Gasteiger partial charge in [0, 0.05) is 49.9 Å². The summed E-state index contributed by atoms with van der Waals surface area (Å²) in [7, 11) is 0. The van der Waals surface area contributed by atoms with Crippen molar-refractivity contribution < 1.29 is 24.8 Å². The lowest BCUT2D eigenvalue weighted by molar-refractivity contribution is -0.137. The molecule has 0 spiro atoms. The van der Waals surface area contributed by atoms with E-state index < -0.39 is 11.8 Å². The van der Waals surface area contributed by atoms with Gasteiger partial charge in [0.05, 0.1) is 23.8 Å². The number of carboxylic acids is 1. The lowest BCUT2D eigenvalue weighted by Crippen LogP contribution is -2.22. The summed E-state index contributed by atoms with van der Waals surface area (Å²) in [6, 6.07) is 6.02. The second-order valence-electron chi connectivity index (χ2n) is 11.4. The highest BCUT2D eigenvalue weighted by Gasteiger charge is 2.13. The standard InChI is InChI=1S/C16H20FN5O.C8H7FN4.C8H15NO2.CH3I/c17-13-8-12(10-18-11-13)14-9-15(21-20-14)19-16(23)4-3-7-22-5-1-2-6-22;9-6-1-5(3-11-4-6)7-2-8(10)13-12-7;10-8(11)4-3-7-9-5-1-2-6-9;1-2/h8-11H,1-7H2,(H2,19,20,21,23);1-4H,(H3,10,12,13);1-7H2,(H,10,11);1H3/i;;;1D. The number of H-pyrrole nitrogens is 2. The largest absolute Gasteiger partial charge is 0.481 e. The smallest absolute Gasteiger partial charge is 0.303 e. The SMILES string of the molecule is Nc1cc(-c2cncc(F)c2)[nH]n1.O=C(CCCN1CCCC1)Nc1cc(-c2cncc(F)c2)[nH]n1.O=C(O)CCCN1CCCC1.[2H]CI. The number of amides is 1. The number of carboxylic acid groups (broad SMARTS) is 1. The van der Waals surface area contributed by atoms with Gasteiger partial charge in [0.1, 0.15) is 17.5 Å². The molecule has 0 bridgehead atoms. The number of halogens is 3. The fraction of sp³-hybridized carbons (Fsp3) is 0.455. The Labute approximate surface area is 300 Å². The van der Waals surface area contributed by atoms with Crippen molar-refractivity contribution in [3.05, 3.63) is 60.7 Å². The lowest BCUT2D eigenvalue weighted by atomic mass is 10.2. The second kappa shape index (κ2) is 21.8. The van der Waals surface area contributed by atoms with Crippen molar-refractivity contribution in [3.63, 3.8) is 0 Å². The first-order valence-corrected chi connectivity index (χ1v) is 17.6. The van der Waals surface area contributed by atoms with Crippen LogP contribution in [0.1, 0.15) is 52.7 Å². The van der Waals surface area contributed by atoms with Gasteiger partial charge in [-0.3, -0.25) is 29.8 Å². The Morgan fingerprint density at radius 2 is 1.35 bits per heavy atom. The van der Waals surface area contributed by atoms with E-state index in [9.17, 15) is 18.4 Å². The number of nitrogen functional groups attached to an aromatic ring is 1. The average Bonchev–Trinajstić information content (AvgIpc) is 3.92. The van der Waals surface area contributed by atoms with Crippen molar-refractivity contribution in [1.29, 1.82) is 0 Å². The third-order valence-electron chi connectivity index (χ3n) is 7.62. The molecule has 0 saturated carbocycles. The molecule has 6 rings (SSSR count). The van der Waals surface area contributed by atoms with E-state index in [1.165, 1.54) is 63.3 Å². The minimum Gasteiger partial charge on any atom is -0.481 e. The minimum absolute atomic E-state index is 0.0559. The topological polar surface area (TPSA) is 182 Å². The summed E-state index contributed by atoms with van der Waals surface area (Å²) in [5, 5.41) is 24.3.